The number of benzene rings is 3. The molecule has 0 atom stereocenters. The van der Waals surface area contributed by atoms with Crippen LogP contribution in [0.4, 0.5) is 5.69 Å². The lowest BCUT2D eigenvalue weighted by atomic mass is 10.0. The Morgan fingerprint density at radius 2 is 1.67 bits per heavy atom. The first kappa shape index (κ1) is 20.4. The highest BCUT2D eigenvalue weighted by molar-refractivity contribution is 6.31. The third kappa shape index (κ3) is 4.18. The van der Waals surface area contributed by atoms with E-state index in [0.717, 1.165) is 30.4 Å². The van der Waals surface area contributed by atoms with Crippen molar-refractivity contribution in [2.45, 2.75) is 6.92 Å². The molecule has 0 spiro atoms. The molecule has 1 heterocycles. The number of fused-ring (bicyclic) bond motifs is 1. The molecule has 0 radical (unpaired) electrons. The van der Waals surface area contributed by atoms with Gasteiger partial charge in [-0.2, -0.15) is 0 Å². The first-order valence-electron chi connectivity index (χ1n) is 10.2. The standard InChI is InChI=1S/C24H24ClN3O2/c1-2-27-12-14-28(15-13-27)24(30)21-16-18(25)10-11-22(21)26-23(29)20-9-5-7-17-6-3-4-8-19(17)20/h3-11,16H,2,12-15H2,1H3,(H,26,29). The molecule has 30 heavy (non-hydrogen) atoms. The van der Waals surface area contributed by atoms with Crippen LogP contribution in [0, 0.1) is 0 Å². The number of rotatable bonds is 4. The van der Waals surface area contributed by atoms with E-state index >= 15 is 0 Å². The van der Waals surface area contributed by atoms with Crippen molar-refractivity contribution in [3.8, 4) is 0 Å². The highest BCUT2D eigenvalue weighted by atomic mass is 35.5. The number of hydrogen-bond acceptors (Lipinski definition) is 3. The third-order valence-corrected chi connectivity index (χ3v) is 5.84. The van der Waals surface area contributed by atoms with Crippen molar-refractivity contribution in [3.63, 3.8) is 0 Å². The van der Waals surface area contributed by atoms with E-state index in [0.29, 0.717) is 34.9 Å². The zero-order valence-corrected chi connectivity index (χ0v) is 17.7. The fourth-order valence-corrected chi connectivity index (χ4v) is 4.03. The van der Waals surface area contributed by atoms with Crippen LogP contribution in [0.5, 0.6) is 0 Å². The van der Waals surface area contributed by atoms with E-state index in [4.69, 9.17) is 11.6 Å². The van der Waals surface area contributed by atoms with Gasteiger partial charge in [0.15, 0.2) is 0 Å². The van der Waals surface area contributed by atoms with E-state index < -0.39 is 0 Å². The number of hydrogen-bond donors (Lipinski definition) is 1. The average Bonchev–Trinajstić information content (AvgIpc) is 2.79. The van der Waals surface area contributed by atoms with Crippen molar-refractivity contribution in [1.82, 2.24) is 9.80 Å². The van der Waals surface area contributed by atoms with Gasteiger partial charge in [0.2, 0.25) is 0 Å². The van der Waals surface area contributed by atoms with E-state index in [9.17, 15) is 9.59 Å². The maximum atomic E-state index is 13.2. The van der Waals surface area contributed by atoms with Gasteiger partial charge in [0.1, 0.15) is 0 Å². The molecule has 1 saturated heterocycles. The van der Waals surface area contributed by atoms with Crippen LogP contribution < -0.4 is 5.32 Å². The van der Waals surface area contributed by atoms with Gasteiger partial charge in [-0.3, -0.25) is 9.59 Å². The zero-order valence-electron chi connectivity index (χ0n) is 16.9. The van der Waals surface area contributed by atoms with Gasteiger partial charge in [0, 0.05) is 36.8 Å². The third-order valence-electron chi connectivity index (χ3n) is 5.60. The topological polar surface area (TPSA) is 52.6 Å². The second-order valence-electron chi connectivity index (χ2n) is 7.40. The fraction of sp³-hybridized carbons (Fsp3) is 0.250. The molecular formula is C24H24ClN3O2. The smallest absolute Gasteiger partial charge is 0.256 e. The molecule has 0 unspecified atom stereocenters. The van der Waals surface area contributed by atoms with Crippen molar-refractivity contribution < 1.29 is 9.59 Å². The van der Waals surface area contributed by atoms with Crippen LogP contribution in [0.1, 0.15) is 27.6 Å². The van der Waals surface area contributed by atoms with Gasteiger partial charge < -0.3 is 15.1 Å². The molecular weight excluding hydrogens is 398 g/mol. The first-order chi connectivity index (χ1) is 14.6. The summed E-state index contributed by atoms with van der Waals surface area (Å²) in [6.45, 7) is 6.12. The first-order valence-corrected chi connectivity index (χ1v) is 10.5. The largest absolute Gasteiger partial charge is 0.336 e. The Bertz CT molecular complexity index is 1090. The van der Waals surface area contributed by atoms with E-state index in [1.54, 1.807) is 24.3 Å². The van der Waals surface area contributed by atoms with Crippen molar-refractivity contribution in [1.29, 1.82) is 0 Å². The van der Waals surface area contributed by atoms with Crippen LogP contribution in [-0.4, -0.2) is 54.3 Å². The van der Waals surface area contributed by atoms with Gasteiger partial charge >= 0.3 is 0 Å². The van der Waals surface area contributed by atoms with Crippen molar-refractivity contribution in [2.75, 3.05) is 38.0 Å². The second-order valence-corrected chi connectivity index (χ2v) is 7.83. The van der Waals surface area contributed by atoms with Crippen LogP contribution in [0.2, 0.25) is 5.02 Å². The Kier molecular flexibility index (Phi) is 6.02. The number of halogens is 1. The zero-order chi connectivity index (χ0) is 21.1. The Hall–Kier alpha value is -2.89. The quantitative estimate of drug-likeness (QED) is 0.673. The van der Waals surface area contributed by atoms with Gasteiger partial charge in [0.05, 0.1) is 11.3 Å². The molecule has 4 rings (SSSR count). The molecule has 1 aliphatic rings. The highest BCUT2D eigenvalue weighted by Gasteiger charge is 2.24. The summed E-state index contributed by atoms with van der Waals surface area (Å²) in [4.78, 5) is 30.4. The Labute approximate surface area is 181 Å². The molecule has 0 aromatic heterocycles. The van der Waals surface area contributed by atoms with E-state index in [-0.39, 0.29) is 11.8 Å². The highest BCUT2D eigenvalue weighted by Crippen LogP contribution is 2.25. The fourth-order valence-electron chi connectivity index (χ4n) is 3.85. The Balaban J connectivity index is 1.60. The number of likely N-dealkylation sites (N-methyl/N-ethyl adjacent to an activating group) is 1. The number of nitrogens with zero attached hydrogens (tertiary/aromatic N) is 2. The predicted octanol–water partition coefficient (Wildman–Crippen LogP) is 4.52. The molecule has 1 N–H and O–H groups in total. The molecule has 1 aliphatic heterocycles. The second kappa shape index (κ2) is 8.86. The average molecular weight is 422 g/mol. The Morgan fingerprint density at radius 1 is 0.933 bits per heavy atom. The molecule has 3 aromatic carbocycles. The number of carbonyl (C=O) groups excluding carboxylic acids is 2. The lowest BCUT2D eigenvalue weighted by molar-refractivity contribution is 0.0644. The number of nitrogens with one attached hydrogen (secondary N) is 1. The van der Waals surface area contributed by atoms with Crippen LogP contribution in [-0.2, 0) is 0 Å². The summed E-state index contributed by atoms with van der Waals surface area (Å²) in [5, 5.41) is 5.26. The maximum absolute atomic E-state index is 13.2. The number of piperazine rings is 1. The molecule has 1 fully saturated rings. The minimum absolute atomic E-state index is 0.110. The van der Waals surface area contributed by atoms with Crippen molar-refractivity contribution in [3.05, 3.63) is 76.8 Å². The SMILES string of the molecule is CCN1CCN(C(=O)c2cc(Cl)ccc2NC(=O)c2cccc3ccccc23)CC1. The summed E-state index contributed by atoms with van der Waals surface area (Å²) in [6.07, 6.45) is 0. The Morgan fingerprint density at radius 3 is 2.43 bits per heavy atom. The molecule has 2 amide bonds. The molecule has 0 saturated carbocycles. The summed E-state index contributed by atoms with van der Waals surface area (Å²) in [6, 6.07) is 18.4. The summed E-state index contributed by atoms with van der Waals surface area (Å²) in [5.41, 5.74) is 1.46. The minimum atomic E-state index is -0.251. The lowest BCUT2D eigenvalue weighted by Gasteiger charge is -2.34. The van der Waals surface area contributed by atoms with E-state index in [2.05, 4.69) is 17.1 Å². The van der Waals surface area contributed by atoms with Crippen molar-refractivity contribution in [2.24, 2.45) is 0 Å². The molecule has 6 heteroatoms. The van der Waals surface area contributed by atoms with Gasteiger partial charge in [0.25, 0.3) is 11.8 Å². The molecule has 0 aliphatic carbocycles. The van der Waals surface area contributed by atoms with E-state index in [1.807, 2.05) is 41.3 Å². The molecule has 154 valence electrons. The van der Waals surface area contributed by atoms with Gasteiger partial charge in [-0.25, -0.2) is 0 Å². The van der Waals surface area contributed by atoms with Crippen LogP contribution >= 0.6 is 11.6 Å². The summed E-state index contributed by atoms with van der Waals surface area (Å²) < 4.78 is 0. The lowest BCUT2D eigenvalue weighted by Crippen LogP contribution is -2.48. The number of carbonyl (C=O) groups is 2. The molecule has 5 nitrogen and oxygen atoms in total. The number of amides is 2. The summed E-state index contributed by atoms with van der Waals surface area (Å²) in [7, 11) is 0. The predicted molar refractivity (Wildman–Crippen MR) is 121 cm³/mol. The monoisotopic (exact) mass is 421 g/mol. The number of anilines is 1. The molecule has 0 bridgehead atoms. The summed E-state index contributed by atoms with van der Waals surface area (Å²) in [5.74, 6) is -0.361. The minimum Gasteiger partial charge on any atom is -0.336 e. The molecule has 3 aromatic rings. The van der Waals surface area contributed by atoms with Gasteiger partial charge in [-0.15, -0.1) is 0 Å². The van der Waals surface area contributed by atoms with E-state index in [1.165, 1.54) is 0 Å². The van der Waals surface area contributed by atoms with Crippen LogP contribution in [0.3, 0.4) is 0 Å². The van der Waals surface area contributed by atoms with Gasteiger partial charge in [-0.05, 0) is 41.6 Å². The van der Waals surface area contributed by atoms with Gasteiger partial charge in [-0.1, -0.05) is 54.9 Å². The normalized spacial score (nSPS) is 14.7. The summed E-state index contributed by atoms with van der Waals surface area (Å²) >= 11 is 6.19. The van der Waals surface area contributed by atoms with Crippen molar-refractivity contribution >= 4 is 39.9 Å². The van der Waals surface area contributed by atoms with Crippen LogP contribution in [0.25, 0.3) is 10.8 Å². The van der Waals surface area contributed by atoms with Crippen LogP contribution in [0.15, 0.2) is 60.7 Å². The maximum Gasteiger partial charge on any atom is 0.256 e.